The number of hydrogen-bond acceptors (Lipinski definition) is 11. The van der Waals surface area contributed by atoms with Crippen LogP contribution in [0.2, 0.25) is 5.02 Å². The Morgan fingerprint density at radius 2 is 1.70 bits per heavy atom. The van der Waals surface area contributed by atoms with E-state index in [0.717, 1.165) is 22.4 Å². The fourth-order valence-corrected chi connectivity index (χ4v) is 8.72. The maximum Gasteiger partial charge on any atom is 0.259 e. The first-order valence-electron chi connectivity index (χ1n) is 22.3. The van der Waals surface area contributed by atoms with E-state index in [-0.39, 0.29) is 66.3 Å². The maximum atomic E-state index is 15.9. The normalized spacial score (nSPS) is 16.1. The maximum absolute atomic E-state index is 15.9. The third kappa shape index (κ3) is 11.3. The summed E-state index contributed by atoms with van der Waals surface area (Å²) in [7, 11) is 0. The van der Waals surface area contributed by atoms with Crippen LogP contribution in [-0.4, -0.2) is 89.4 Å². The Hall–Kier alpha value is -6.71. The number of aryl methyl sites for hydroxylation is 1. The number of hydrogen-bond donors (Lipinski definition) is 2. The van der Waals surface area contributed by atoms with Crippen molar-refractivity contribution in [1.29, 1.82) is 5.26 Å². The largest absolute Gasteiger partial charge is 0.494 e. The molecule has 0 aliphatic carbocycles. The van der Waals surface area contributed by atoms with Gasteiger partial charge in [-0.25, -0.2) is 9.37 Å². The molecule has 2 N–H and O–H groups in total. The van der Waals surface area contributed by atoms with Gasteiger partial charge in [0.15, 0.2) is 17.3 Å². The van der Waals surface area contributed by atoms with E-state index in [2.05, 4.69) is 15.6 Å². The first kappa shape index (κ1) is 50.2. The van der Waals surface area contributed by atoms with Gasteiger partial charge in [0.2, 0.25) is 17.7 Å². The van der Waals surface area contributed by atoms with Crippen LogP contribution in [0.4, 0.5) is 15.8 Å². The SMILES string of the molecule is Cc1ncoc1-c1ccc(CNC(=O)[C@@H]2COCN2C(=O)[C@@H](NC(=O)COCCCCOc2ccc(-c3ccc(N4C(=S)N(c5ccc(C#N)c(Cl)c5)C(=O)C4(C)C)c(F)c3)cc2)C(C)(C)C)cc1. The topological polar surface area (TPSA) is 180 Å². The van der Waals surface area contributed by atoms with Crippen LogP contribution in [0.1, 0.15) is 64.3 Å². The van der Waals surface area contributed by atoms with E-state index in [0.29, 0.717) is 42.2 Å². The number of ether oxygens (including phenoxy) is 3. The summed E-state index contributed by atoms with van der Waals surface area (Å²) in [5.41, 5.74) is 2.73. The summed E-state index contributed by atoms with van der Waals surface area (Å²) < 4.78 is 38.5. The zero-order valence-corrected chi connectivity index (χ0v) is 40.7. The van der Waals surface area contributed by atoms with Crippen LogP contribution in [-0.2, 0) is 35.2 Å². The summed E-state index contributed by atoms with van der Waals surface area (Å²) in [6.45, 7) is 11.3. The Bertz CT molecular complexity index is 2770. The molecule has 0 saturated carbocycles. The van der Waals surface area contributed by atoms with Crippen LogP contribution in [0, 0.1) is 29.5 Å². The van der Waals surface area contributed by atoms with Gasteiger partial charge >= 0.3 is 0 Å². The van der Waals surface area contributed by atoms with Crippen molar-refractivity contribution in [2.75, 3.05) is 43.0 Å². The van der Waals surface area contributed by atoms with E-state index in [1.165, 1.54) is 39.3 Å². The monoisotopic (exact) mass is 977 g/mol. The number of amides is 4. The zero-order valence-electron chi connectivity index (χ0n) is 39.1. The molecule has 18 heteroatoms. The number of rotatable bonds is 17. The molecule has 69 heavy (non-hydrogen) atoms. The molecule has 2 saturated heterocycles. The molecule has 0 bridgehead atoms. The number of aromatic nitrogens is 1. The molecule has 4 aromatic carbocycles. The minimum Gasteiger partial charge on any atom is -0.494 e. The minimum absolute atomic E-state index is 0.0288. The second-order valence-electron chi connectivity index (χ2n) is 18.3. The number of carbonyl (C=O) groups excluding carboxylic acids is 4. The summed E-state index contributed by atoms with van der Waals surface area (Å²) in [5.74, 6) is -0.898. The van der Waals surface area contributed by atoms with Crippen molar-refractivity contribution >= 4 is 63.9 Å². The van der Waals surface area contributed by atoms with Crippen molar-refractivity contribution in [1.82, 2.24) is 20.5 Å². The van der Waals surface area contributed by atoms with Crippen molar-refractivity contribution in [2.45, 2.75) is 78.6 Å². The molecule has 360 valence electrons. The summed E-state index contributed by atoms with van der Waals surface area (Å²) in [4.78, 5) is 62.1. The van der Waals surface area contributed by atoms with Crippen LogP contribution in [0.3, 0.4) is 0 Å². The molecule has 4 amide bonds. The van der Waals surface area contributed by atoms with Gasteiger partial charge in [-0.2, -0.15) is 5.26 Å². The summed E-state index contributed by atoms with van der Waals surface area (Å²) >= 11 is 12.0. The third-order valence-corrected chi connectivity index (χ3v) is 12.6. The number of nitrogens with one attached hydrogen (secondary N) is 2. The standard InChI is InChI=1S/C51H53ClFN7O8S/c1-31-44(68-29-56-31)34-11-9-32(10-12-34)26-55-46(62)42-27-66-30-58(42)47(63)45(50(2,3)4)57-43(61)28-65-21-7-8-22-67-38-18-14-33(15-19-38)35-16-20-41(40(53)23-35)60-49(69)59(48(64)51(60,5)6)37-17-13-36(25-54)39(52)24-37/h9-20,23-24,29,42,45H,7-8,21-22,26-28,30H2,1-6H3,(H,55,62)(H,57,61)/t42-,45+/m0/s1. The number of carbonyl (C=O) groups is 4. The van der Waals surface area contributed by atoms with Gasteiger partial charge in [-0.15, -0.1) is 0 Å². The Morgan fingerprint density at radius 3 is 2.35 bits per heavy atom. The van der Waals surface area contributed by atoms with Gasteiger partial charge < -0.3 is 39.1 Å². The Balaban J connectivity index is 0.834. The lowest BCUT2D eigenvalue weighted by molar-refractivity contribution is -0.145. The van der Waals surface area contributed by atoms with E-state index >= 15 is 4.39 Å². The molecule has 2 aliphatic rings. The molecule has 3 heterocycles. The summed E-state index contributed by atoms with van der Waals surface area (Å²) in [6.07, 6.45) is 2.64. The summed E-state index contributed by atoms with van der Waals surface area (Å²) in [6, 6.07) is 24.3. The Morgan fingerprint density at radius 1 is 1.00 bits per heavy atom. The van der Waals surface area contributed by atoms with E-state index in [9.17, 15) is 24.4 Å². The zero-order chi connectivity index (χ0) is 49.6. The van der Waals surface area contributed by atoms with Crippen LogP contribution >= 0.6 is 23.8 Å². The number of anilines is 2. The van der Waals surface area contributed by atoms with Crippen molar-refractivity contribution < 1.29 is 42.2 Å². The van der Waals surface area contributed by atoms with Crippen LogP contribution in [0.25, 0.3) is 22.5 Å². The summed E-state index contributed by atoms with van der Waals surface area (Å²) in [5, 5.41) is 15.2. The molecule has 0 radical (unpaired) electrons. The average molecular weight is 979 g/mol. The predicted octanol–water partition coefficient (Wildman–Crippen LogP) is 8.11. The lowest BCUT2D eigenvalue weighted by Gasteiger charge is -2.34. The van der Waals surface area contributed by atoms with Gasteiger partial charge in [-0.3, -0.25) is 24.1 Å². The highest BCUT2D eigenvalue weighted by molar-refractivity contribution is 7.81. The lowest BCUT2D eigenvalue weighted by atomic mass is 9.85. The molecule has 0 spiro atoms. The van der Waals surface area contributed by atoms with E-state index < -0.39 is 40.7 Å². The molecular formula is C51H53ClFN7O8S. The molecule has 15 nitrogen and oxygen atoms in total. The van der Waals surface area contributed by atoms with E-state index in [1.807, 2.05) is 70.2 Å². The highest BCUT2D eigenvalue weighted by atomic mass is 35.5. The molecule has 0 unspecified atom stereocenters. The number of halogens is 2. The Kier molecular flexibility index (Phi) is 15.5. The van der Waals surface area contributed by atoms with Crippen molar-refractivity contribution in [3.05, 3.63) is 119 Å². The van der Waals surface area contributed by atoms with E-state index in [4.69, 9.17) is 42.4 Å². The van der Waals surface area contributed by atoms with Gasteiger partial charge in [-0.1, -0.05) is 74.8 Å². The number of oxazole rings is 1. The highest BCUT2D eigenvalue weighted by Crippen LogP contribution is 2.39. The minimum atomic E-state index is -1.22. The first-order chi connectivity index (χ1) is 32.9. The second-order valence-corrected chi connectivity index (χ2v) is 19.0. The fourth-order valence-electron chi connectivity index (χ4n) is 7.99. The molecule has 2 aliphatic heterocycles. The predicted molar refractivity (Wildman–Crippen MR) is 262 cm³/mol. The fraction of sp³-hybridized carbons (Fsp3) is 0.353. The van der Waals surface area contributed by atoms with Crippen molar-refractivity contribution in [3.63, 3.8) is 0 Å². The first-order valence-corrected chi connectivity index (χ1v) is 23.1. The molecule has 2 atom stereocenters. The van der Waals surface area contributed by atoms with Gasteiger partial charge in [0.05, 0.1) is 40.9 Å². The van der Waals surface area contributed by atoms with E-state index in [1.54, 1.807) is 44.2 Å². The quantitative estimate of drug-likeness (QED) is 0.0677. The lowest BCUT2D eigenvalue weighted by Crippen LogP contribution is -2.58. The van der Waals surface area contributed by atoms with Gasteiger partial charge in [0, 0.05) is 18.7 Å². The Labute approximate surface area is 410 Å². The van der Waals surface area contributed by atoms with Crippen molar-refractivity contribution in [2.24, 2.45) is 5.41 Å². The molecular weight excluding hydrogens is 925 g/mol. The molecule has 5 aromatic rings. The van der Waals surface area contributed by atoms with Gasteiger partial charge in [-0.05, 0) is 110 Å². The van der Waals surface area contributed by atoms with Crippen molar-refractivity contribution in [3.8, 4) is 34.3 Å². The highest BCUT2D eigenvalue weighted by Gasteiger charge is 2.51. The third-order valence-electron chi connectivity index (χ3n) is 11.9. The number of nitrogens with zero attached hydrogens (tertiary/aromatic N) is 5. The van der Waals surface area contributed by atoms with Crippen LogP contribution in [0.15, 0.2) is 95.7 Å². The van der Waals surface area contributed by atoms with Gasteiger partial charge in [0.25, 0.3) is 5.91 Å². The second kappa shape index (κ2) is 21.3. The van der Waals surface area contributed by atoms with Gasteiger partial charge in [0.1, 0.15) is 48.6 Å². The number of benzene rings is 4. The average Bonchev–Trinajstić information content (AvgIpc) is 4.03. The van der Waals surface area contributed by atoms with Crippen LogP contribution < -0.4 is 25.2 Å². The van der Waals surface area contributed by atoms with Crippen LogP contribution in [0.5, 0.6) is 5.75 Å². The number of thiocarbonyl (C=S) groups is 1. The molecule has 7 rings (SSSR count). The molecule has 1 aromatic heterocycles. The number of unbranched alkanes of at least 4 members (excludes halogenated alkanes) is 1. The number of nitriles is 1. The smallest absolute Gasteiger partial charge is 0.259 e. The molecule has 2 fully saturated rings.